The van der Waals surface area contributed by atoms with Crippen molar-refractivity contribution in [3.8, 4) is 0 Å². The number of rotatable bonds is 8. The normalized spacial score (nSPS) is 18.9. The second-order valence-electron chi connectivity index (χ2n) is 8.25. The summed E-state index contributed by atoms with van der Waals surface area (Å²) in [6, 6.07) is 18.4. The molecular weight excluding hydrogens is 402 g/mol. The number of aryl methyl sites for hydroxylation is 1. The number of anilines is 1. The molecule has 1 saturated heterocycles. The lowest BCUT2D eigenvalue weighted by Crippen LogP contribution is -2.50. The molecule has 0 saturated carbocycles. The van der Waals surface area contributed by atoms with E-state index in [0.717, 1.165) is 23.0 Å². The summed E-state index contributed by atoms with van der Waals surface area (Å²) in [7, 11) is 0. The van der Waals surface area contributed by atoms with Crippen LogP contribution in [-0.4, -0.2) is 42.0 Å². The number of aromatic nitrogens is 1. The summed E-state index contributed by atoms with van der Waals surface area (Å²) in [4.78, 5) is 30.5. The zero-order valence-electron chi connectivity index (χ0n) is 18.0. The second-order valence-corrected chi connectivity index (χ2v) is 8.25. The predicted molar refractivity (Wildman–Crippen MR) is 126 cm³/mol. The summed E-state index contributed by atoms with van der Waals surface area (Å²) in [5.74, 6) is -0.113. The van der Waals surface area contributed by atoms with Crippen molar-refractivity contribution in [3.05, 3.63) is 72.4 Å². The molecule has 32 heavy (non-hydrogen) atoms. The largest absolute Gasteiger partial charge is 0.343 e. The molecule has 0 radical (unpaired) electrons. The van der Waals surface area contributed by atoms with Gasteiger partial charge in [-0.1, -0.05) is 36.4 Å². The second kappa shape index (κ2) is 10.3. The Balaban J connectivity index is 1.49. The molecule has 2 amide bonds. The maximum Gasteiger partial charge on any atom is 0.246 e. The third-order valence-electron chi connectivity index (χ3n) is 5.97. The molecule has 0 bridgehead atoms. The molecule has 1 aliphatic rings. The van der Waals surface area contributed by atoms with Gasteiger partial charge in [0.05, 0.1) is 17.2 Å². The summed E-state index contributed by atoms with van der Waals surface area (Å²) < 4.78 is 0. The zero-order chi connectivity index (χ0) is 22.3. The molecule has 0 unspecified atom stereocenters. The van der Waals surface area contributed by atoms with Crippen molar-refractivity contribution in [2.75, 3.05) is 18.4 Å². The van der Waals surface area contributed by atoms with Gasteiger partial charge in [0.15, 0.2) is 0 Å². The van der Waals surface area contributed by atoms with E-state index in [1.54, 1.807) is 6.20 Å². The highest BCUT2D eigenvalue weighted by atomic mass is 16.2. The fourth-order valence-electron chi connectivity index (χ4n) is 4.12. The summed E-state index contributed by atoms with van der Waals surface area (Å²) in [6.07, 6.45) is 3.59. The van der Waals surface area contributed by atoms with E-state index in [1.165, 1.54) is 0 Å². The van der Waals surface area contributed by atoms with E-state index in [0.29, 0.717) is 31.5 Å². The minimum Gasteiger partial charge on any atom is -0.343 e. The van der Waals surface area contributed by atoms with Crippen molar-refractivity contribution in [3.63, 3.8) is 0 Å². The van der Waals surface area contributed by atoms with Gasteiger partial charge in [0.1, 0.15) is 6.04 Å². The van der Waals surface area contributed by atoms with E-state index in [4.69, 9.17) is 5.73 Å². The Morgan fingerprint density at radius 3 is 2.72 bits per heavy atom. The molecule has 1 aliphatic heterocycles. The lowest BCUT2D eigenvalue weighted by atomic mass is 10.0. The van der Waals surface area contributed by atoms with Crippen LogP contribution in [-0.2, 0) is 16.0 Å². The number of carbonyl (C=O) groups is 2. The Hall–Kier alpha value is -3.29. The minimum absolute atomic E-state index is 0.159. The zero-order valence-corrected chi connectivity index (χ0v) is 18.0. The summed E-state index contributed by atoms with van der Waals surface area (Å²) in [5, 5.41) is 10.1. The molecule has 166 valence electrons. The molecule has 0 spiro atoms. The maximum atomic E-state index is 13.3. The minimum atomic E-state index is -0.659. The number of hydrogen-bond acceptors (Lipinski definition) is 5. The Bertz CT molecular complexity index is 1070. The topological polar surface area (TPSA) is 109 Å². The summed E-state index contributed by atoms with van der Waals surface area (Å²) in [6.45, 7) is 1.27. The Morgan fingerprint density at radius 1 is 1.09 bits per heavy atom. The first kappa shape index (κ1) is 21.9. The van der Waals surface area contributed by atoms with Gasteiger partial charge in [0, 0.05) is 11.6 Å². The number of nitrogens with zero attached hydrogens (tertiary/aromatic N) is 1. The van der Waals surface area contributed by atoms with Crippen LogP contribution in [0.1, 0.15) is 18.4 Å². The molecule has 7 nitrogen and oxygen atoms in total. The summed E-state index contributed by atoms with van der Waals surface area (Å²) >= 11 is 0. The molecule has 5 N–H and O–H groups in total. The molecule has 7 heteroatoms. The van der Waals surface area contributed by atoms with Crippen molar-refractivity contribution < 1.29 is 9.59 Å². The number of fused-ring (bicyclic) bond motifs is 1. The van der Waals surface area contributed by atoms with Crippen LogP contribution in [0.15, 0.2) is 66.9 Å². The molecule has 1 fully saturated rings. The third-order valence-corrected chi connectivity index (χ3v) is 5.97. The fourth-order valence-corrected chi connectivity index (χ4v) is 4.12. The number of benzene rings is 2. The van der Waals surface area contributed by atoms with Gasteiger partial charge in [0.2, 0.25) is 11.8 Å². The van der Waals surface area contributed by atoms with E-state index in [1.807, 2.05) is 60.7 Å². The van der Waals surface area contributed by atoms with Gasteiger partial charge in [-0.3, -0.25) is 14.6 Å². The summed E-state index contributed by atoms with van der Waals surface area (Å²) in [5.41, 5.74) is 8.36. The standard InChI is InChI=1S/C25H29N5O2/c26-15-18-14-23(28-16-18)25(32)30-22(12-11-17-6-2-1-3-7-17)24(31)29-21-10-4-9-20-19(21)8-5-13-27-20/h1-10,13,18,22-23,28H,11-12,14-16,26H2,(H,29,31)(H,30,32)/t18-,22-,23-/m1/s1. The molecule has 0 aliphatic carbocycles. The SMILES string of the molecule is NC[C@@H]1CN[C@@H](C(=O)N[C@H](CCc2ccccc2)C(=O)Nc2cccc3ncccc23)C1. The molecular formula is C25H29N5O2. The number of pyridine rings is 1. The van der Waals surface area contributed by atoms with Gasteiger partial charge >= 0.3 is 0 Å². The van der Waals surface area contributed by atoms with Gasteiger partial charge in [0.25, 0.3) is 0 Å². The average molecular weight is 432 g/mol. The van der Waals surface area contributed by atoms with Gasteiger partial charge in [-0.25, -0.2) is 0 Å². The first-order chi connectivity index (χ1) is 15.6. The van der Waals surface area contributed by atoms with Crippen LogP contribution in [0.25, 0.3) is 10.9 Å². The van der Waals surface area contributed by atoms with Crippen molar-refractivity contribution in [2.24, 2.45) is 11.7 Å². The van der Waals surface area contributed by atoms with Crippen LogP contribution >= 0.6 is 0 Å². The number of carbonyl (C=O) groups excluding carboxylic acids is 2. The number of hydrogen-bond donors (Lipinski definition) is 4. The van der Waals surface area contributed by atoms with Crippen LogP contribution in [0.5, 0.6) is 0 Å². The molecule has 3 atom stereocenters. The van der Waals surface area contributed by atoms with Crippen LogP contribution < -0.4 is 21.7 Å². The Kier molecular flexibility index (Phi) is 7.09. The lowest BCUT2D eigenvalue weighted by molar-refractivity contribution is -0.127. The number of amides is 2. The van der Waals surface area contributed by atoms with Crippen molar-refractivity contribution in [2.45, 2.75) is 31.3 Å². The lowest BCUT2D eigenvalue weighted by Gasteiger charge is -2.21. The van der Waals surface area contributed by atoms with Crippen molar-refractivity contribution in [1.82, 2.24) is 15.6 Å². The Morgan fingerprint density at radius 2 is 1.94 bits per heavy atom. The monoisotopic (exact) mass is 431 g/mol. The average Bonchev–Trinajstić information content (AvgIpc) is 3.32. The fraction of sp³-hybridized carbons (Fsp3) is 0.320. The maximum absolute atomic E-state index is 13.3. The molecule has 2 heterocycles. The van der Waals surface area contributed by atoms with Crippen LogP contribution in [0, 0.1) is 5.92 Å². The van der Waals surface area contributed by atoms with E-state index in [-0.39, 0.29) is 23.8 Å². The van der Waals surface area contributed by atoms with E-state index >= 15 is 0 Å². The smallest absolute Gasteiger partial charge is 0.246 e. The highest BCUT2D eigenvalue weighted by Crippen LogP contribution is 2.22. The third kappa shape index (κ3) is 5.30. The first-order valence-electron chi connectivity index (χ1n) is 11.1. The molecule has 1 aromatic heterocycles. The number of nitrogens with two attached hydrogens (primary N) is 1. The van der Waals surface area contributed by atoms with E-state index < -0.39 is 6.04 Å². The first-order valence-corrected chi connectivity index (χ1v) is 11.1. The van der Waals surface area contributed by atoms with Gasteiger partial charge < -0.3 is 21.7 Å². The van der Waals surface area contributed by atoms with Crippen molar-refractivity contribution in [1.29, 1.82) is 0 Å². The number of nitrogens with one attached hydrogen (secondary N) is 3. The molecule has 4 rings (SSSR count). The quantitative estimate of drug-likeness (QED) is 0.437. The van der Waals surface area contributed by atoms with Crippen LogP contribution in [0.3, 0.4) is 0 Å². The van der Waals surface area contributed by atoms with Crippen LogP contribution in [0.2, 0.25) is 0 Å². The molecule has 2 aromatic carbocycles. The van der Waals surface area contributed by atoms with Gasteiger partial charge in [-0.2, -0.15) is 0 Å². The van der Waals surface area contributed by atoms with Gasteiger partial charge in [-0.05, 0) is 68.1 Å². The predicted octanol–water partition coefficient (Wildman–Crippen LogP) is 2.23. The highest BCUT2D eigenvalue weighted by molar-refractivity contribution is 6.04. The Labute approximate surface area is 187 Å². The van der Waals surface area contributed by atoms with Crippen molar-refractivity contribution >= 4 is 28.4 Å². The van der Waals surface area contributed by atoms with Crippen LogP contribution in [0.4, 0.5) is 5.69 Å². The van der Waals surface area contributed by atoms with E-state index in [9.17, 15) is 9.59 Å². The highest BCUT2D eigenvalue weighted by Gasteiger charge is 2.31. The molecule has 3 aromatic rings. The van der Waals surface area contributed by atoms with E-state index in [2.05, 4.69) is 20.9 Å². The van der Waals surface area contributed by atoms with Gasteiger partial charge in [-0.15, -0.1) is 0 Å².